The number of rotatable bonds is 4. The first-order chi connectivity index (χ1) is 11.8. The average Bonchev–Trinajstić information content (AvgIpc) is 3.09. The summed E-state index contributed by atoms with van der Waals surface area (Å²) in [5.74, 6) is 1.60. The van der Waals surface area contributed by atoms with Crippen molar-refractivity contribution in [3.63, 3.8) is 0 Å². The van der Waals surface area contributed by atoms with Crippen molar-refractivity contribution in [2.24, 2.45) is 0 Å². The fraction of sp³-hybridized carbons (Fsp3) is 0.273. The van der Waals surface area contributed by atoms with E-state index in [1.807, 2.05) is 0 Å². The maximum atomic E-state index is 5.81. The molecule has 4 rings (SSSR count). The Kier molecular flexibility index (Phi) is 4.22. The molecule has 3 aromatic carbocycles. The SMILES string of the molecule is COc1c(C2CCN(Cc3ccccc3)C2)ccc2ccccc12. The van der Waals surface area contributed by atoms with Gasteiger partial charge in [0.1, 0.15) is 5.75 Å². The number of fused-ring (bicyclic) bond motifs is 1. The van der Waals surface area contributed by atoms with E-state index in [0.717, 1.165) is 25.4 Å². The third-order valence-electron chi connectivity index (χ3n) is 5.08. The van der Waals surface area contributed by atoms with Crippen LogP contribution in [0.3, 0.4) is 0 Å². The summed E-state index contributed by atoms with van der Waals surface area (Å²) in [6.07, 6.45) is 1.20. The van der Waals surface area contributed by atoms with Gasteiger partial charge in [0.25, 0.3) is 0 Å². The van der Waals surface area contributed by atoms with Gasteiger partial charge >= 0.3 is 0 Å². The van der Waals surface area contributed by atoms with Crippen LogP contribution in [-0.4, -0.2) is 25.1 Å². The van der Waals surface area contributed by atoms with Crippen LogP contribution < -0.4 is 4.74 Å². The van der Waals surface area contributed by atoms with Gasteiger partial charge in [-0.3, -0.25) is 4.90 Å². The molecule has 1 fully saturated rings. The molecule has 2 heteroatoms. The van der Waals surface area contributed by atoms with Crippen LogP contribution in [0, 0.1) is 0 Å². The van der Waals surface area contributed by atoms with Crippen molar-refractivity contribution in [1.82, 2.24) is 4.90 Å². The Hall–Kier alpha value is -2.32. The maximum Gasteiger partial charge on any atom is 0.130 e. The highest BCUT2D eigenvalue weighted by Crippen LogP contribution is 2.38. The predicted octanol–water partition coefficient (Wildman–Crippen LogP) is 4.84. The predicted molar refractivity (Wildman–Crippen MR) is 99.6 cm³/mol. The highest BCUT2D eigenvalue weighted by atomic mass is 16.5. The van der Waals surface area contributed by atoms with Crippen LogP contribution in [0.1, 0.15) is 23.5 Å². The van der Waals surface area contributed by atoms with Crippen molar-refractivity contribution in [1.29, 1.82) is 0 Å². The molecule has 0 spiro atoms. The van der Waals surface area contributed by atoms with E-state index >= 15 is 0 Å². The topological polar surface area (TPSA) is 12.5 Å². The van der Waals surface area contributed by atoms with Gasteiger partial charge in [-0.15, -0.1) is 0 Å². The lowest BCUT2D eigenvalue weighted by molar-refractivity contribution is 0.325. The largest absolute Gasteiger partial charge is 0.496 e. The minimum Gasteiger partial charge on any atom is -0.496 e. The Morgan fingerprint density at radius 1 is 0.958 bits per heavy atom. The van der Waals surface area contributed by atoms with Crippen LogP contribution in [0.25, 0.3) is 10.8 Å². The lowest BCUT2D eigenvalue weighted by Crippen LogP contribution is -2.19. The molecule has 122 valence electrons. The van der Waals surface area contributed by atoms with E-state index in [1.54, 1.807) is 7.11 Å². The Morgan fingerprint density at radius 3 is 2.58 bits per heavy atom. The van der Waals surface area contributed by atoms with Crippen molar-refractivity contribution in [3.8, 4) is 5.75 Å². The van der Waals surface area contributed by atoms with E-state index in [2.05, 4.69) is 71.6 Å². The number of benzene rings is 3. The van der Waals surface area contributed by atoms with Crippen LogP contribution in [0.2, 0.25) is 0 Å². The van der Waals surface area contributed by atoms with Gasteiger partial charge in [0, 0.05) is 24.4 Å². The second kappa shape index (κ2) is 6.66. The average molecular weight is 317 g/mol. The zero-order valence-corrected chi connectivity index (χ0v) is 14.1. The van der Waals surface area contributed by atoms with Crippen LogP contribution in [-0.2, 0) is 6.54 Å². The molecule has 1 aliphatic rings. The van der Waals surface area contributed by atoms with Crippen molar-refractivity contribution < 1.29 is 4.74 Å². The van der Waals surface area contributed by atoms with Gasteiger partial charge in [-0.25, -0.2) is 0 Å². The molecule has 0 radical (unpaired) electrons. The van der Waals surface area contributed by atoms with E-state index in [9.17, 15) is 0 Å². The highest BCUT2D eigenvalue weighted by molar-refractivity contribution is 5.89. The minimum absolute atomic E-state index is 0.549. The molecule has 0 aromatic heterocycles. The standard InChI is InChI=1S/C22H23NO/c1-24-22-20-10-6-5-9-18(20)11-12-21(22)19-13-14-23(16-19)15-17-7-3-2-4-8-17/h2-12,19H,13-16H2,1H3. The maximum absolute atomic E-state index is 5.81. The molecule has 0 aliphatic carbocycles. The normalized spacial score (nSPS) is 18.1. The van der Waals surface area contributed by atoms with Crippen LogP contribution in [0.4, 0.5) is 0 Å². The summed E-state index contributed by atoms with van der Waals surface area (Å²) >= 11 is 0. The lowest BCUT2D eigenvalue weighted by Gasteiger charge is -2.19. The van der Waals surface area contributed by atoms with Gasteiger partial charge in [0.2, 0.25) is 0 Å². The summed E-state index contributed by atoms with van der Waals surface area (Å²) in [7, 11) is 1.79. The molecular formula is C22H23NO. The van der Waals surface area contributed by atoms with Crippen molar-refractivity contribution in [3.05, 3.63) is 77.9 Å². The summed E-state index contributed by atoms with van der Waals surface area (Å²) in [6.45, 7) is 3.28. The molecule has 1 aliphatic heterocycles. The molecule has 2 nitrogen and oxygen atoms in total. The first-order valence-electron chi connectivity index (χ1n) is 8.67. The third kappa shape index (κ3) is 2.90. The number of ether oxygens (including phenoxy) is 1. The summed E-state index contributed by atoms with van der Waals surface area (Å²) in [5.41, 5.74) is 2.75. The van der Waals surface area contributed by atoms with E-state index in [4.69, 9.17) is 4.74 Å². The zero-order chi connectivity index (χ0) is 16.4. The van der Waals surface area contributed by atoms with Gasteiger partial charge < -0.3 is 4.74 Å². The molecular weight excluding hydrogens is 294 g/mol. The fourth-order valence-corrected chi connectivity index (χ4v) is 3.88. The molecule has 0 amide bonds. The number of nitrogens with zero attached hydrogens (tertiary/aromatic N) is 1. The van der Waals surface area contributed by atoms with Gasteiger partial charge in [-0.2, -0.15) is 0 Å². The highest BCUT2D eigenvalue weighted by Gasteiger charge is 2.26. The first-order valence-corrected chi connectivity index (χ1v) is 8.67. The molecule has 24 heavy (non-hydrogen) atoms. The quantitative estimate of drug-likeness (QED) is 0.683. The molecule has 1 saturated heterocycles. The van der Waals surface area contributed by atoms with Gasteiger partial charge in [-0.05, 0) is 29.5 Å². The third-order valence-corrected chi connectivity index (χ3v) is 5.08. The smallest absolute Gasteiger partial charge is 0.130 e. The molecule has 3 aromatic rings. The summed E-state index contributed by atoms with van der Waals surface area (Å²) in [4.78, 5) is 2.55. The Morgan fingerprint density at radius 2 is 1.75 bits per heavy atom. The molecule has 1 heterocycles. The Bertz CT molecular complexity index is 828. The summed E-state index contributed by atoms with van der Waals surface area (Å²) in [5, 5.41) is 2.47. The molecule has 0 bridgehead atoms. The second-order valence-corrected chi connectivity index (χ2v) is 6.62. The van der Waals surface area contributed by atoms with Crippen LogP contribution >= 0.6 is 0 Å². The second-order valence-electron chi connectivity index (χ2n) is 6.62. The van der Waals surface area contributed by atoms with Gasteiger partial charge in [0.15, 0.2) is 0 Å². The van der Waals surface area contributed by atoms with E-state index in [1.165, 1.54) is 28.3 Å². The molecule has 1 unspecified atom stereocenters. The fourth-order valence-electron chi connectivity index (χ4n) is 3.88. The monoisotopic (exact) mass is 317 g/mol. The zero-order valence-electron chi connectivity index (χ0n) is 14.1. The van der Waals surface area contributed by atoms with Gasteiger partial charge in [0.05, 0.1) is 7.11 Å². The molecule has 0 saturated carbocycles. The van der Waals surface area contributed by atoms with Crippen LogP contribution in [0.5, 0.6) is 5.75 Å². The number of hydrogen-bond donors (Lipinski definition) is 0. The lowest BCUT2D eigenvalue weighted by atomic mass is 9.94. The number of likely N-dealkylation sites (tertiary alicyclic amines) is 1. The molecule has 0 N–H and O–H groups in total. The van der Waals surface area contributed by atoms with Crippen LogP contribution in [0.15, 0.2) is 66.7 Å². The Balaban J connectivity index is 1.57. The van der Waals surface area contributed by atoms with E-state index in [0.29, 0.717) is 5.92 Å². The summed E-state index contributed by atoms with van der Waals surface area (Å²) < 4.78 is 5.81. The van der Waals surface area contributed by atoms with E-state index in [-0.39, 0.29) is 0 Å². The first kappa shape index (κ1) is 15.2. The Labute approximate surface area is 143 Å². The summed E-state index contributed by atoms with van der Waals surface area (Å²) in [6, 6.07) is 23.7. The minimum atomic E-state index is 0.549. The van der Waals surface area contributed by atoms with Gasteiger partial charge in [-0.1, -0.05) is 66.7 Å². The van der Waals surface area contributed by atoms with Crippen molar-refractivity contribution in [2.45, 2.75) is 18.9 Å². The number of hydrogen-bond acceptors (Lipinski definition) is 2. The molecule has 1 atom stereocenters. The van der Waals surface area contributed by atoms with Crippen molar-refractivity contribution in [2.75, 3.05) is 20.2 Å². The number of methoxy groups -OCH3 is 1. The van der Waals surface area contributed by atoms with E-state index < -0.39 is 0 Å². The van der Waals surface area contributed by atoms with Crippen molar-refractivity contribution >= 4 is 10.8 Å².